The number of carbonyl (C=O) groups is 1. The number of piperidine rings is 1. The van der Waals surface area contributed by atoms with Gasteiger partial charge in [-0.15, -0.1) is 0 Å². The van der Waals surface area contributed by atoms with Gasteiger partial charge in [0, 0.05) is 32.5 Å². The van der Waals surface area contributed by atoms with Crippen LogP contribution < -0.4 is 0 Å². The first-order valence-electron chi connectivity index (χ1n) is 5.84. The van der Waals surface area contributed by atoms with E-state index in [4.69, 9.17) is 14.6 Å². The number of hydrogen-bond donors (Lipinski definition) is 1. The first kappa shape index (κ1) is 11.8. The zero-order valence-corrected chi connectivity index (χ0v) is 9.65. The molecule has 0 aromatic rings. The lowest BCUT2D eigenvalue weighted by molar-refractivity contribution is -0.186. The first-order chi connectivity index (χ1) is 7.61. The zero-order chi connectivity index (χ0) is 11.6. The Balaban J connectivity index is 1.78. The van der Waals surface area contributed by atoms with E-state index in [2.05, 4.69) is 4.90 Å². The molecule has 2 heterocycles. The van der Waals surface area contributed by atoms with Crippen molar-refractivity contribution in [2.24, 2.45) is 5.92 Å². The lowest BCUT2D eigenvalue weighted by Crippen LogP contribution is -2.46. The van der Waals surface area contributed by atoms with Crippen LogP contribution in [0.1, 0.15) is 19.8 Å². The second-order valence-corrected chi connectivity index (χ2v) is 4.65. The van der Waals surface area contributed by atoms with Crippen molar-refractivity contribution in [2.75, 3.05) is 32.8 Å². The van der Waals surface area contributed by atoms with E-state index in [9.17, 15) is 4.79 Å². The number of nitrogens with zero attached hydrogens (tertiary/aromatic N) is 1. The van der Waals surface area contributed by atoms with Crippen molar-refractivity contribution < 1.29 is 19.4 Å². The van der Waals surface area contributed by atoms with Crippen molar-refractivity contribution >= 4 is 5.97 Å². The van der Waals surface area contributed by atoms with E-state index in [1.807, 2.05) is 0 Å². The lowest BCUT2D eigenvalue weighted by Gasteiger charge is -2.38. The van der Waals surface area contributed by atoms with Gasteiger partial charge in [0.1, 0.15) is 0 Å². The fourth-order valence-electron chi connectivity index (χ4n) is 2.33. The number of aliphatic carboxylic acids is 1. The van der Waals surface area contributed by atoms with Crippen LogP contribution in [0.3, 0.4) is 0 Å². The molecule has 2 rings (SSSR count). The average molecular weight is 229 g/mol. The molecule has 0 radical (unpaired) electrons. The van der Waals surface area contributed by atoms with Gasteiger partial charge in [0.2, 0.25) is 0 Å². The maximum absolute atomic E-state index is 10.7. The quantitative estimate of drug-likeness (QED) is 0.765. The van der Waals surface area contributed by atoms with E-state index in [0.29, 0.717) is 19.8 Å². The second kappa shape index (κ2) is 4.69. The number of ether oxygens (including phenoxy) is 2. The third-order valence-electron chi connectivity index (χ3n) is 3.39. The van der Waals surface area contributed by atoms with Crippen LogP contribution in [0, 0.1) is 5.92 Å². The summed E-state index contributed by atoms with van der Waals surface area (Å²) < 4.78 is 11.2. The van der Waals surface area contributed by atoms with Gasteiger partial charge in [-0.05, 0) is 0 Å². The van der Waals surface area contributed by atoms with E-state index in [1.54, 1.807) is 6.92 Å². The molecule has 0 aliphatic carbocycles. The van der Waals surface area contributed by atoms with E-state index >= 15 is 0 Å². The molecular weight excluding hydrogens is 210 g/mol. The minimum absolute atomic E-state index is 0.306. The molecule has 16 heavy (non-hydrogen) atoms. The third-order valence-corrected chi connectivity index (χ3v) is 3.39. The van der Waals surface area contributed by atoms with E-state index in [-0.39, 0.29) is 11.7 Å². The molecule has 0 aromatic heterocycles. The number of rotatable bonds is 3. The van der Waals surface area contributed by atoms with Crippen LogP contribution in [-0.4, -0.2) is 54.6 Å². The number of carboxylic acid groups (broad SMARTS) is 1. The molecule has 92 valence electrons. The van der Waals surface area contributed by atoms with Crippen LogP contribution in [0.2, 0.25) is 0 Å². The highest BCUT2D eigenvalue weighted by Crippen LogP contribution is 2.31. The maximum atomic E-state index is 10.7. The fourth-order valence-corrected chi connectivity index (χ4v) is 2.33. The largest absolute Gasteiger partial charge is 0.481 e. The normalized spacial score (nSPS) is 27.1. The summed E-state index contributed by atoms with van der Waals surface area (Å²) in [6.07, 6.45) is 1.69. The van der Waals surface area contributed by atoms with Gasteiger partial charge >= 0.3 is 5.97 Å². The maximum Gasteiger partial charge on any atom is 0.307 e. The molecule has 0 aromatic carbocycles. The Bertz CT molecular complexity index is 253. The highest BCUT2D eigenvalue weighted by atomic mass is 16.7. The zero-order valence-electron chi connectivity index (χ0n) is 9.65. The van der Waals surface area contributed by atoms with Gasteiger partial charge in [-0.2, -0.15) is 0 Å². The smallest absolute Gasteiger partial charge is 0.307 e. The van der Waals surface area contributed by atoms with E-state index in [1.165, 1.54) is 0 Å². The molecule has 0 bridgehead atoms. The van der Waals surface area contributed by atoms with Gasteiger partial charge < -0.3 is 19.5 Å². The Hall–Kier alpha value is -0.650. The van der Waals surface area contributed by atoms with Gasteiger partial charge in [0.25, 0.3) is 0 Å². The molecule has 5 nitrogen and oxygen atoms in total. The van der Waals surface area contributed by atoms with Crippen molar-refractivity contribution in [1.82, 2.24) is 4.90 Å². The summed E-state index contributed by atoms with van der Waals surface area (Å²) in [5.41, 5.74) is 0. The number of hydrogen-bond acceptors (Lipinski definition) is 4. The summed E-state index contributed by atoms with van der Waals surface area (Å²) in [6.45, 7) is 5.45. The van der Waals surface area contributed by atoms with Gasteiger partial charge in [-0.1, -0.05) is 6.92 Å². The average Bonchev–Trinajstić information content (AvgIpc) is 2.70. The molecule has 0 saturated carbocycles. The predicted molar refractivity (Wildman–Crippen MR) is 57.1 cm³/mol. The Kier molecular flexibility index (Phi) is 3.47. The van der Waals surface area contributed by atoms with Crippen molar-refractivity contribution in [2.45, 2.75) is 25.6 Å². The summed E-state index contributed by atoms with van der Waals surface area (Å²) in [4.78, 5) is 12.9. The van der Waals surface area contributed by atoms with E-state index in [0.717, 1.165) is 25.9 Å². The van der Waals surface area contributed by atoms with Crippen molar-refractivity contribution in [3.05, 3.63) is 0 Å². The third kappa shape index (κ3) is 2.53. The Morgan fingerprint density at radius 2 is 1.94 bits per heavy atom. The van der Waals surface area contributed by atoms with Crippen molar-refractivity contribution in [3.63, 3.8) is 0 Å². The first-order valence-corrected chi connectivity index (χ1v) is 5.84. The van der Waals surface area contributed by atoms with Crippen LogP contribution in [0.4, 0.5) is 0 Å². The molecule has 2 aliphatic heterocycles. The molecule has 2 saturated heterocycles. The van der Waals surface area contributed by atoms with Crippen LogP contribution in [0.5, 0.6) is 0 Å². The standard InChI is InChI=1S/C11H19NO4/c1-9(10(13)14)8-12-4-2-11(3-5-12)15-6-7-16-11/h9H,2-8H2,1H3,(H,13,14). The van der Waals surface area contributed by atoms with Gasteiger partial charge in [-0.3, -0.25) is 4.79 Å². The molecule has 1 atom stereocenters. The molecule has 5 heteroatoms. The molecular formula is C11H19NO4. The molecule has 1 spiro atoms. The number of carboxylic acids is 1. The molecule has 0 amide bonds. The lowest BCUT2D eigenvalue weighted by atomic mass is 10.0. The van der Waals surface area contributed by atoms with Crippen molar-refractivity contribution in [1.29, 1.82) is 0 Å². The van der Waals surface area contributed by atoms with Gasteiger partial charge in [0.15, 0.2) is 5.79 Å². The SMILES string of the molecule is CC(CN1CCC2(CC1)OCCO2)C(=O)O. The predicted octanol–water partition coefficient (Wildman–Crippen LogP) is 0.546. The minimum Gasteiger partial charge on any atom is -0.481 e. The fraction of sp³-hybridized carbons (Fsp3) is 0.909. The van der Waals surface area contributed by atoms with E-state index < -0.39 is 5.97 Å². The summed E-state index contributed by atoms with van der Waals surface area (Å²) >= 11 is 0. The Morgan fingerprint density at radius 1 is 1.38 bits per heavy atom. The summed E-state index contributed by atoms with van der Waals surface area (Å²) in [5.74, 6) is -1.39. The van der Waals surface area contributed by atoms with Crippen molar-refractivity contribution in [3.8, 4) is 0 Å². The van der Waals surface area contributed by atoms with Crippen LogP contribution in [0.15, 0.2) is 0 Å². The summed E-state index contributed by atoms with van der Waals surface area (Å²) in [6, 6.07) is 0. The molecule has 1 N–H and O–H groups in total. The van der Waals surface area contributed by atoms with Gasteiger partial charge in [0.05, 0.1) is 19.1 Å². The summed E-state index contributed by atoms with van der Waals surface area (Å²) in [5, 5.41) is 8.84. The van der Waals surface area contributed by atoms with Crippen LogP contribution in [-0.2, 0) is 14.3 Å². The highest BCUT2D eigenvalue weighted by molar-refractivity contribution is 5.69. The Labute approximate surface area is 95.3 Å². The molecule has 1 unspecified atom stereocenters. The number of likely N-dealkylation sites (tertiary alicyclic amines) is 1. The van der Waals surface area contributed by atoms with Crippen LogP contribution in [0.25, 0.3) is 0 Å². The molecule has 2 fully saturated rings. The molecule has 2 aliphatic rings. The highest BCUT2D eigenvalue weighted by Gasteiger charge is 2.39. The van der Waals surface area contributed by atoms with Crippen LogP contribution >= 0.6 is 0 Å². The summed E-state index contributed by atoms with van der Waals surface area (Å²) in [7, 11) is 0. The minimum atomic E-state index is -0.728. The van der Waals surface area contributed by atoms with Gasteiger partial charge in [-0.25, -0.2) is 0 Å². The monoisotopic (exact) mass is 229 g/mol. The Morgan fingerprint density at radius 3 is 2.44 bits per heavy atom. The topological polar surface area (TPSA) is 59.0 Å². The second-order valence-electron chi connectivity index (χ2n) is 4.65.